The number of aromatic hydroxyl groups is 1. The Balaban J connectivity index is 2.60. The molecule has 0 amide bonds. The maximum atomic E-state index is 11.0. The minimum Gasteiger partial charge on any atom is -0.508 e. The Labute approximate surface area is 221 Å². The van der Waals surface area contributed by atoms with Gasteiger partial charge in [0, 0.05) is 49.9 Å². The molecule has 1 atom stereocenters. The standard InChI is InChI=1S/C25H37NO4/c27-20-23-18-22(13-14-24(23)28)25(29)19-26-15-7-1-2-8-16-30-17-9-6-12-21-10-4-3-5-11-21/h3-5,10-11,13-14,18,25-29H,1-2,6-9,12,15-17,19-20H2/i1D2,2D2,3D,6D2,7D2,8D2,9D2,10D,11D,12D2,13D,14D,15D2,16D2,18D,19D2,20D2,25D. The molecule has 0 radical (unpaired) electrons. The van der Waals surface area contributed by atoms with Crippen LogP contribution in [0.4, 0.5) is 0 Å². The molecule has 0 bridgehead atoms. The Morgan fingerprint density at radius 2 is 1.87 bits per heavy atom. The van der Waals surface area contributed by atoms with Crippen LogP contribution in [-0.2, 0) is 17.7 Å². The number of ether oxygens (including phenoxy) is 1. The van der Waals surface area contributed by atoms with Crippen molar-refractivity contribution in [3.63, 3.8) is 0 Å². The summed E-state index contributed by atoms with van der Waals surface area (Å²) in [6, 6.07) is -5.65. The molecular formula is C25H37NO4. The van der Waals surface area contributed by atoms with Crippen molar-refractivity contribution >= 4 is 0 Å². The smallest absolute Gasteiger partial charge is 0.121 e. The molecule has 4 N–H and O–H groups in total. The third kappa shape index (κ3) is 9.72. The summed E-state index contributed by atoms with van der Waals surface area (Å²) in [6.07, 6.45) is -34.5. The van der Waals surface area contributed by atoms with Crippen LogP contribution in [-0.4, -0.2) is 41.5 Å². The zero-order valence-corrected chi connectivity index (χ0v) is 15.1. The molecule has 0 aromatic heterocycles. The van der Waals surface area contributed by atoms with Gasteiger partial charge in [0.1, 0.15) is 5.75 Å². The van der Waals surface area contributed by atoms with Crippen molar-refractivity contribution in [1.82, 2.24) is 5.32 Å². The Morgan fingerprint density at radius 3 is 2.67 bits per heavy atom. The third-order valence-corrected chi connectivity index (χ3v) is 2.78. The van der Waals surface area contributed by atoms with Gasteiger partial charge in [-0.3, -0.25) is 0 Å². The van der Waals surface area contributed by atoms with Gasteiger partial charge < -0.3 is 25.4 Å². The van der Waals surface area contributed by atoms with E-state index in [-0.39, 0.29) is 0 Å². The topological polar surface area (TPSA) is 82.0 Å². The van der Waals surface area contributed by atoms with Gasteiger partial charge in [-0.2, -0.15) is 0 Å². The highest BCUT2D eigenvalue weighted by Gasteiger charge is 2.09. The van der Waals surface area contributed by atoms with E-state index in [4.69, 9.17) is 39.8 Å². The quantitative estimate of drug-likeness (QED) is 0.313. The van der Waals surface area contributed by atoms with Crippen LogP contribution < -0.4 is 5.32 Å². The molecule has 1 unspecified atom stereocenters. The van der Waals surface area contributed by atoms with Gasteiger partial charge in [0.25, 0.3) is 0 Å². The molecular weight excluding hydrogens is 378 g/mol. The van der Waals surface area contributed by atoms with Crippen molar-refractivity contribution in [3.8, 4) is 5.75 Å². The lowest BCUT2D eigenvalue weighted by Crippen LogP contribution is -2.22. The van der Waals surface area contributed by atoms with Gasteiger partial charge in [-0.1, -0.05) is 49.0 Å². The van der Waals surface area contributed by atoms with Gasteiger partial charge in [-0.25, -0.2) is 0 Å². The Morgan fingerprint density at radius 1 is 1.07 bits per heavy atom. The Kier molecular flexibility index (Phi) is 3.05. The molecule has 0 saturated heterocycles. The summed E-state index contributed by atoms with van der Waals surface area (Å²) in [5, 5.41) is 31.9. The van der Waals surface area contributed by atoms with Crippen molar-refractivity contribution in [2.45, 2.75) is 57.2 Å². The molecule has 0 aliphatic rings. The molecule has 166 valence electrons. The molecule has 5 heteroatoms. The van der Waals surface area contributed by atoms with E-state index >= 15 is 0 Å². The molecule has 0 fully saturated rings. The van der Waals surface area contributed by atoms with Crippen molar-refractivity contribution in [1.29, 1.82) is 0 Å². The molecule has 0 saturated carbocycles. The van der Waals surface area contributed by atoms with Gasteiger partial charge in [0.2, 0.25) is 0 Å². The van der Waals surface area contributed by atoms with E-state index in [1.165, 1.54) is 0 Å². The fraction of sp³-hybridized carbons (Fsp3) is 0.520. The zero-order valence-electron chi connectivity index (χ0n) is 44.1. The zero-order chi connectivity index (χ0) is 47.3. The van der Waals surface area contributed by atoms with Crippen LogP contribution in [0.2, 0.25) is 0 Å². The lowest BCUT2D eigenvalue weighted by atomic mass is 10.1. The van der Waals surface area contributed by atoms with Crippen molar-refractivity contribution in [2.24, 2.45) is 0 Å². The summed E-state index contributed by atoms with van der Waals surface area (Å²) in [4.78, 5) is 0. The second kappa shape index (κ2) is 15.0. The maximum Gasteiger partial charge on any atom is 0.121 e. The van der Waals surface area contributed by atoms with Crippen LogP contribution >= 0.6 is 0 Å². The van der Waals surface area contributed by atoms with E-state index in [9.17, 15) is 15.3 Å². The molecule has 0 spiro atoms. The fourth-order valence-electron chi connectivity index (χ4n) is 1.54. The minimum absolute atomic E-state index is 0.465. The lowest BCUT2D eigenvalue weighted by molar-refractivity contribution is 0.126. The minimum atomic E-state index is -4.77. The second-order valence-corrected chi connectivity index (χ2v) is 4.75. The average molecular weight is 445 g/mol. The van der Waals surface area contributed by atoms with Crippen LogP contribution in [0.3, 0.4) is 0 Å². The van der Waals surface area contributed by atoms with E-state index in [0.29, 0.717) is 12.1 Å². The summed E-state index contributed by atoms with van der Waals surface area (Å²) in [6.45, 7) is -19.0. The van der Waals surface area contributed by atoms with E-state index in [1.807, 2.05) is 0 Å². The number of rotatable bonds is 16. The van der Waals surface area contributed by atoms with Crippen molar-refractivity contribution in [3.05, 3.63) is 65.1 Å². The van der Waals surface area contributed by atoms with Gasteiger partial charge in [0.15, 0.2) is 0 Å². The number of phenols is 1. The van der Waals surface area contributed by atoms with E-state index < -0.39 is 142 Å². The van der Waals surface area contributed by atoms with Crippen LogP contribution in [0.5, 0.6) is 5.75 Å². The number of benzene rings is 2. The van der Waals surface area contributed by atoms with E-state index in [2.05, 4.69) is 4.74 Å². The van der Waals surface area contributed by atoms with Crippen molar-refractivity contribution in [2.75, 3.05) is 26.2 Å². The van der Waals surface area contributed by atoms with Gasteiger partial charge >= 0.3 is 0 Å². The SMILES string of the molecule is [2H]c1cc([2H])c(C([2H])([2H])C([2H])([2H])C([2H])([2H])COC([2H])([2H])C([2H])([2H])C([2H])([2H])C([2H])([2H])C([2H])([2H])C([2H])([2H])NC([2H])([2H])C([2H])(O)c2c([2H])c([2H])c(O)c(C([2H])([2H])O)c2[2H])c([2H])c1. The fourth-order valence-corrected chi connectivity index (χ4v) is 1.54. The van der Waals surface area contributed by atoms with Gasteiger partial charge in [-0.05, 0) is 61.6 Å². The number of aliphatic hydroxyl groups is 2. The molecule has 2 aromatic rings. The number of nitrogens with one attached hydrogen (secondary N) is 1. The molecule has 0 aliphatic carbocycles. The van der Waals surface area contributed by atoms with Crippen LogP contribution in [0.25, 0.3) is 0 Å². The van der Waals surface area contributed by atoms with Crippen molar-refractivity contribution < 1.29 is 59.8 Å². The predicted octanol–water partition coefficient (Wildman–Crippen LogP) is 4.11. The summed E-state index contributed by atoms with van der Waals surface area (Å²) < 4.78 is 239. The first-order valence-electron chi connectivity index (χ1n) is 22.4. The first-order chi connectivity index (χ1) is 25.6. The highest BCUT2D eigenvalue weighted by molar-refractivity contribution is 5.36. The van der Waals surface area contributed by atoms with Crippen LogP contribution in [0, 0.1) is 0 Å². The molecule has 30 heavy (non-hydrogen) atoms. The largest absolute Gasteiger partial charge is 0.508 e. The summed E-state index contributed by atoms with van der Waals surface area (Å²) in [5.74, 6) is -1.57. The molecule has 2 aromatic carbocycles. The van der Waals surface area contributed by atoms with Crippen LogP contribution in [0.1, 0.15) is 101 Å². The molecule has 2 rings (SSSR count). The molecule has 0 heterocycles. The number of hydrogen-bond acceptors (Lipinski definition) is 5. The Bertz CT molecular complexity index is 1900. The van der Waals surface area contributed by atoms with Gasteiger partial charge in [0.05, 0.1) is 27.7 Å². The van der Waals surface area contributed by atoms with E-state index in [1.54, 1.807) is 0 Å². The average Bonchev–Trinajstić information content (AvgIpc) is 3.00. The highest BCUT2D eigenvalue weighted by Crippen LogP contribution is 2.22. The van der Waals surface area contributed by atoms with Crippen LogP contribution in [0.15, 0.2) is 48.4 Å². The van der Waals surface area contributed by atoms with E-state index in [0.717, 1.165) is 5.32 Å². The summed E-state index contributed by atoms with van der Waals surface area (Å²) >= 11 is 0. The summed E-state index contributed by atoms with van der Waals surface area (Å²) in [7, 11) is 0. The second-order valence-electron chi connectivity index (χ2n) is 4.75. The van der Waals surface area contributed by atoms with Gasteiger partial charge in [-0.15, -0.1) is 0 Å². The maximum absolute atomic E-state index is 11.0. The first-order valence-corrected chi connectivity index (χ1v) is 7.92. The highest BCUT2D eigenvalue weighted by atomic mass is 16.5. The third-order valence-electron chi connectivity index (χ3n) is 2.78. The molecule has 0 aliphatic heterocycles. The monoisotopic (exact) mass is 444 g/mol. The lowest BCUT2D eigenvalue weighted by Gasteiger charge is -2.14. The summed E-state index contributed by atoms with van der Waals surface area (Å²) in [5.41, 5.74) is -4.39. The first kappa shape index (κ1) is 6.10. The number of hydrogen-bond donors (Lipinski definition) is 4. The molecule has 5 nitrogen and oxygen atoms in total. The Hall–Kier alpha value is -1.92. The predicted molar refractivity (Wildman–Crippen MR) is 121 cm³/mol. The normalized spacial score (nSPS) is 32.7.